The maximum absolute atomic E-state index is 11.1. The van der Waals surface area contributed by atoms with Gasteiger partial charge in [-0.25, -0.2) is 13.4 Å². The maximum Gasteiger partial charge on any atom is 0.191 e. The molecular formula is C20H35N3O5S. The minimum absolute atomic E-state index is 0.0284. The van der Waals surface area contributed by atoms with Crippen molar-refractivity contribution in [3.63, 3.8) is 0 Å². The molecule has 0 heterocycles. The van der Waals surface area contributed by atoms with Gasteiger partial charge >= 0.3 is 0 Å². The van der Waals surface area contributed by atoms with Crippen LogP contribution in [-0.2, 0) is 25.9 Å². The van der Waals surface area contributed by atoms with Gasteiger partial charge in [-0.2, -0.15) is 0 Å². The lowest BCUT2D eigenvalue weighted by atomic mass is 10.1. The summed E-state index contributed by atoms with van der Waals surface area (Å²) in [5, 5.41) is 6.37. The first-order chi connectivity index (χ1) is 13.9. The minimum Gasteiger partial charge on any atom is -0.491 e. The van der Waals surface area contributed by atoms with E-state index in [4.69, 9.17) is 14.2 Å². The van der Waals surface area contributed by atoms with Crippen molar-refractivity contribution in [3.05, 3.63) is 29.3 Å². The van der Waals surface area contributed by atoms with E-state index in [-0.39, 0.29) is 12.4 Å². The Morgan fingerprint density at radius 1 is 1.07 bits per heavy atom. The lowest BCUT2D eigenvalue weighted by Gasteiger charge is -2.14. The molecule has 0 bridgehead atoms. The summed E-state index contributed by atoms with van der Waals surface area (Å²) in [6.45, 7) is 10.0. The molecule has 1 aromatic rings. The molecule has 0 amide bonds. The number of benzene rings is 1. The van der Waals surface area contributed by atoms with E-state index in [1.165, 1.54) is 6.26 Å². The zero-order chi connectivity index (χ0) is 21.5. The molecule has 0 aliphatic carbocycles. The second-order valence-corrected chi connectivity index (χ2v) is 8.78. The van der Waals surface area contributed by atoms with E-state index < -0.39 is 9.84 Å². The molecule has 2 N–H and O–H groups in total. The number of aryl methyl sites for hydroxylation is 1. The molecule has 1 rings (SSSR count). The largest absolute Gasteiger partial charge is 0.491 e. The van der Waals surface area contributed by atoms with Crippen molar-refractivity contribution in [2.75, 3.05) is 58.1 Å². The van der Waals surface area contributed by atoms with Crippen LogP contribution in [0.25, 0.3) is 0 Å². The summed E-state index contributed by atoms with van der Waals surface area (Å²) in [4.78, 5) is 4.61. The molecule has 1 aromatic carbocycles. The zero-order valence-electron chi connectivity index (χ0n) is 18.0. The van der Waals surface area contributed by atoms with Crippen LogP contribution in [0, 0.1) is 6.92 Å². The molecule has 0 radical (unpaired) electrons. The molecule has 0 saturated heterocycles. The number of aliphatic imine (C=N–C) groups is 1. The monoisotopic (exact) mass is 429 g/mol. The number of nitrogens with zero attached hydrogens (tertiary/aromatic N) is 1. The summed E-state index contributed by atoms with van der Waals surface area (Å²) in [6.07, 6.45) is 1.20. The van der Waals surface area contributed by atoms with Crippen LogP contribution in [-0.4, -0.2) is 72.5 Å². The number of sulfone groups is 1. The standard InChI is InChI=1S/C20H35N3O5S/c1-5-21-20(22-9-10-27-13-14-29(4,24)25)23-16-18-8-7-17(3)15-19(18)28-12-11-26-6-2/h7-8,15H,5-6,9-14,16H2,1-4H3,(H2,21,22,23). The van der Waals surface area contributed by atoms with Gasteiger partial charge in [0.2, 0.25) is 0 Å². The van der Waals surface area contributed by atoms with Gasteiger partial charge in [-0.15, -0.1) is 0 Å². The van der Waals surface area contributed by atoms with E-state index in [2.05, 4.69) is 15.6 Å². The van der Waals surface area contributed by atoms with Gasteiger partial charge in [0.1, 0.15) is 22.2 Å². The number of ether oxygens (including phenoxy) is 3. The molecule has 0 saturated carbocycles. The van der Waals surface area contributed by atoms with Crippen LogP contribution in [0.5, 0.6) is 5.75 Å². The average Bonchev–Trinajstić information content (AvgIpc) is 2.66. The smallest absolute Gasteiger partial charge is 0.191 e. The molecule has 8 nitrogen and oxygen atoms in total. The van der Waals surface area contributed by atoms with Gasteiger partial charge in [0.15, 0.2) is 5.96 Å². The fourth-order valence-corrected chi connectivity index (χ4v) is 2.76. The third kappa shape index (κ3) is 12.4. The highest BCUT2D eigenvalue weighted by Gasteiger charge is 2.06. The van der Waals surface area contributed by atoms with Crippen molar-refractivity contribution >= 4 is 15.8 Å². The number of nitrogens with one attached hydrogen (secondary N) is 2. The molecule has 0 atom stereocenters. The zero-order valence-corrected chi connectivity index (χ0v) is 18.8. The van der Waals surface area contributed by atoms with Crippen molar-refractivity contribution in [3.8, 4) is 5.75 Å². The van der Waals surface area contributed by atoms with E-state index in [0.717, 1.165) is 23.4 Å². The maximum atomic E-state index is 11.1. The third-order valence-electron chi connectivity index (χ3n) is 3.80. The molecular weight excluding hydrogens is 394 g/mol. The van der Waals surface area contributed by atoms with Gasteiger partial charge in [-0.3, -0.25) is 0 Å². The Morgan fingerprint density at radius 2 is 1.86 bits per heavy atom. The van der Waals surface area contributed by atoms with E-state index in [1.54, 1.807) is 0 Å². The van der Waals surface area contributed by atoms with Crippen LogP contribution in [0.2, 0.25) is 0 Å². The fraction of sp³-hybridized carbons (Fsp3) is 0.650. The number of guanidine groups is 1. The van der Waals surface area contributed by atoms with Crippen molar-refractivity contribution in [2.24, 2.45) is 4.99 Å². The number of rotatable bonds is 14. The van der Waals surface area contributed by atoms with Crippen LogP contribution < -0.4 is 15.4 Å². The van der Waals surface area contributed by atoms with Gasteiger partial charge in [-0.1, -0.05) is 12.1 Å². The molecule has 0 unspecified atom stereocenters. The molecule has 0 aliphatic heterocycles. The van der Waals surface area contributed by atoms with Crippen molar-refractivity contribution in [2.45, 2.75) is 27.3 Å². The van der Waals surface area contributed by atoms with Crippen LogP contribution in [0.15, 0.2) is 23.2 Å². The van der Waals surface area contributed by atoms with Gasteiger partial charge in [0.25, 0.3) is 0 Å². The Bertz CT molecular complexity index is 723. The average molecular weight is 430 g/mol. The summed E-state index contributed by atoms with van der Waals surface area (Å²) in [5.41, 5.74) is 2.12. The molecule has 9 heteroatoms. The topological polar surface area (TPSA) is 98.2 Å². The Labute approximate surface area is 175 Å². The summed E-state index contributed by atoms with van der Waals surface area (Å²) in [6, 6.07) is 6.07. The number of hydrogen-bond acceptors (Lipinski definition) is 6. The molecule has 29 heavy (non-hydrogen) atoms. The summed E-state index contributed by atoms with van der Waals surface area (Å²) in [5.74, 6) is 1.51. The fourth-order valence-electron chi connectivity index (χ4n) is 2.34. The number of hydrogen-bond donors (Lipinski definition) is 2. The predicted octanol–water partition coefficient (Wildman–Crippen LogP) is 1.53. The molecule has 166 valence electrons. The van der Waals surface area contributed by atoms with E-state index in [1.807, 2.05) is 39.0 Å². The Hall–Kier alpha value is -1.84. The lowest BCUT2D eigenvalue weighted by molar-refractivity contribution is 0.110. The van der Waals surface area contributed by atoms with E-state index in [0.29, 0.717) is 45.5 Å². The van der Waals surface area contributed by atoms with E-state index >= 15 is 0 Å². The van der Waals surface area contributed by atoms with Crippen LogP contribution in [0.3, 0.4) is 0 Å². The highest BCUT2D eigenvalue weighted by molar-refractivity contribution is 7.90. The quantitative estimate of drug-likeness (QED) is 0.263. The minimum atomic E-state index is -2.99. The van der Waals surface area contributed by atoms with Gasteiger partial charge in [0.05, 0.1) is 32.1 Å². The highest BCUT2D eigenvalue weighted by Crippen LogP contribution is 2.21. The molecule has 0 aliphatic rings. The van der Waals surface area contributed by atoms with Crippen molar-refractivity contribution < 1.29 is 22.6 Å². The second-order valence-electron chi connectivity index (χ2n) is 6.52. The van der Waals surface area contributed by atoms with Crippen molar-refractivity contribution in [1.82, 2.24) is 10.6 Å². The summed E-state index contributed by atoms with van der Waals surface area (Å²) in [7, 11) is -2.99. The Morgan fingerprint density at radius 3 is 2.55 bits per heavy atom. The third-order valence-corrected chi connectivity index (χ3v) is 4.71. The van der Waals surface area contributed by atoms with Crippen LogP contribution in [0.4, 0.5) is 0 Å². The van der Waals surface area contributed by atoms with Crippen LogP contribution >= 0.6 is 0 Å². The lowest BCUT2D eigenvalue weighted by Crippen LogP contribution is -2.39. The van der Waals surface area contributed by atoms with Crippen LogP contribution in [0.1, 0.15) is 25.0 Å². The predicted molar refractivity (Wildman–Crippen MR) is 117 cm³/mol. The first-order valence-electron chi connectivity index (χ1n) is 9.93. The first-order valence-corrected chi connectivity index (χ1v) is 12.0. The first kappa shape index (κ1) is 25.2. The summed E-state index contributed by atoms with van der Waals surface area (Å²) < 4.78 is 38.7. The van der Waals surface area contributed by atoms with E-state index in [9.17, 15) is 8.42 Å². The van der Waals surface area contributed by atoms with Gasteiger partial charge in [0, 0.05) is 31.5 Å². The van der Waals surface area contributed by atoms with Crippen molar-refractivity contribution in [1.29, 1.82) is 0 Å². The Balaban J connectivity index is 2.56. The Kier molecular flexibility index (Phi) is 12.3. The molecule has 0 spiro atoms. The second kappa shape index (κ2) is 14.2. The van der Waals surface area contributed by atoms with Gasteiger partial charge in [-0.05, 0) is 32.4 Å². The normalized spacial score (nSPS) is 12.1. The molecule has 0 aromatic heterocycles. The molecule has 0 fully saturated rings. The SMILES string of the molecule is CCNC(=NCc1ccc(C)cc1OCCOCC)NCCOCCS(C)(=O)=O. The highest BCUT2D eigenvalue weighted by atomic mass is 32.2. The van der Waals surface area contributed by atoms with Gasteiger partial charge < -0.3 is 24.8 Å². The summed E-state index contributed by atoms with van der Waals surface area (Å²) >= 11 is 0.